The normalized spacial score (nSPS) is 8.92. The van der Waals surface area contributed by atoms with Gasteiger partial charge in [0.25, 0.3) is 5.56 Å². The van der Waals surface area contributed by atoms with E-state index in [0.717, 1.165) is 0 Å². The highest BCUT2D eigenvalue weighted by molar-refractivity contribution is 5.01. The van der Waals surface area contributed by atoms with E-state index in [1.807, 2.05) is 18.8 Å². The molecular formula is C8H14N2O3. The number of hydrogen-bond acceptors (Lipinski definition) is 3. The lowest BCUT2D eigenvalue weighted by Crippen LogP contribution is -2.29. The standard InChI is InChI=1S/C6H8N2O3.C2H6/c1-8-2-4(3-9)5(10)7-6(8)11;1-2/h2,9H,3H2,1H3,(H,7,10,11);1-2H3. The van der Waals surface area contributed by atoms with Crippen molar-refractivity contribution in [1.82, 2.24) is 9.55 Å². The first-order valence-electron chi connectivity index (χ1n) is 4.05. The summed E-state index contributed by atoms with van der Waals surface area (Å²) in [6, 6.07) is 0. The van der Waals surface area contributed by atoms with Gasteiger partial charge in [0.1, 0.15) is 0 Å². The largest absolute Gasteiger partial charge is 0.391 e. The molecule has 0 aliphatic carbocycles. The summed E-state index contributed by atoms with van der Waals surface area (Å²) in [6.07, 6.45) is 1.31. The summed E-state index contributed by atoms with van der Waals surface area (Å²) in [6.45, 7) is 3.64. The molecule has 0 spiro atoms. The van der Waals surface area contributed by atoms with Gasteiger partial charge in [-0.15, -0.1) is 0 Å². The number of aryl methyl sites for hydroxylation is 1. The number of rotatable bonds is 1. The highest BCUT2D eigenvalue weighted by atomic mass is 16.3. The second-order valence-corrected chi connectivity index (χ2v) is 2.18. The highest BCUT2D eigenvalue weighted by Gasteiger charge is 1.98. The van der Waals surface area contributed by atoms with Gasteiger partial charge in [-0.3, -0.25) is 9.78 Å². The van der Waals surface area contributed by atoms with Crippen LogP contribution in [0, 0.1) is 0 Å². The maximum absolute atomic E-state index is 10.8. The lowest BCUT2D eigenvalue weighted by Gasteiger charge is -1.97. The molecule has 1 aromatic heterocycles. The van der Waals surface area contributed by atoms with Crippen molar-refractivity contribution < 1.29 is 5.11 Å². The summed E-state index contributed by atoms with van der Waals surface area (Å²) in [4.78, 5) is 23.6. The molecule has 0 saturated heterocycles. The minimum absolute atomic E-state index is 0.187. The van der Waals surface area contributed by atoms with Crippen molar-refractivity contribution in [1.29, 1.82) is 0 Å². The zero-order valence-electron chi connectivity index (χ0n) is 8.00. The number of aliphatic hydroxyl groups is 1. The van der Waals surface area contributed by atoms with E-state index < -0.39 is 11.2 Å². The van der Waals surface area contributed by atoms with Gasteiger partial charge >= 0.3 is 5.69 Å². The molecule has 74 valence electrons. The fraction of sp³-hybridized carbons (Fsp3) is 0.500. The summed E-state index contributed by atoms with van der Waals surface area (Å²) in [5.41, 5.74) is -0.824. The molecule has 0 aliphatic rings. The van der Waals surface area contributed by atoms with Crippen molar-refractivity contribution in [2.75, 3.05) is 0 Å². The van der Waals surface area contributed by atoms with Crippen LogP contribution in [0.15, 0.2) is 15.8 Å². The molecule has 0 aliphatic heterocycles. The van der Waals surface area contributed by atoms with Crippen LogP contribution < -0.4 is 11.2 Å². The van der Waals surface area contributed by atoms with Gasteiger partial charge in [-0.2, -0.15) is 0 Å². The highest BCUT2D eigenvalue weighted by Crippen LogP contribution is 1.82. The van der Waals surface area contributed by atoms with E-state index in [-0.39, 0.29) is 12.2 Å². The molecule has 2 N–H and O–H groups in total. The first-order chi connectivity index (χ1) is 6.15. The van der Waals surface area contributed by atoms with Crippen LogP contribution in [0.25, 0.3) is 0 Å². The molecule has 5 nitrogen and oxygen atoms in total. The Kier molecular flexibility index (Phi) is 4.76. The number of hydrogen-bond donors (Lipinski definition) is 2. The lowest BCUT2D eigenvalue weighted by atomic mass is 10.4. The van der Waals surface area contributed by atoms with E-state index in [1.165, 1.54) is 17.8 Å². The second kappa shape index (κ2) is 5.31. The van der Waals surface area contributed by atoms with Crippen LogP contribution in [0.4, 0.5) is 0 Å². The van der Waals surface area contributed by atoms with Crippen LogP contribution in [0.2, 0.25) is 0 Å². The Morgan fingerprint density at radius 2 is 2.00 bits per heavy atom. The number of aliphatic hydroxyl groups excluding tert-OH is 1. The molecule has 0 radical (unpaired) electrons. The van der Waals surface area contributed by atoms with Crippen molar-refractivity contribution in [2.45, 2.75) is 20.5 Å². The number of aromatic nitrogens is 2. The van der Waals surface area contributed by atoms with Crippen LogP contribution in [-0.4, -0.2) is 14.7 Å². The quantitative estimate of drug-likeness (QED) is 0.626. The third-order valence-electron chi connectivity index (χ3n) is 1.35. The lowest BCUT2D eigenvalue weighted by molar-refractivity contribution is 0.278. The Hall–Kier alpha value is -1.36. The smallest absolute Gasteiger partial charge is 0.328 e. The number of aromatic amines is 1. The topological polar surface area (TPSA) is 75.1 Å². The first kappa shape index (κ1) is 11.6. The van der Waals surface area contributed by atoms with Crippen LogP contribution in [0.3, 0.4) is 0 Å². The summed E-state index contributed by atoms with van der Waals surface area (Å²) >= 11 is 0. The average Bonchev–Trinajstić information content (AvgIpc) is 2.15. The molecule has 1 heterocycles. The summed E-state index contributed by atoms with van der Waals surface area (Å²) in [5.74, 6) is 0. The van der Waals surface area contributed by atoms with Crippen LogP contribution in [0.5, 0.6) is 0 Å². The molecular weight excluding hydrogens is 172 g/mol. The van der Waals surface area contributed by atoms with Crippen molar-refractivity contribution in [2.24, 2.45) is 7.05 Å². The average molecular weight is 186 g/mol. The van der Waals surface area contributed by atoms with Crippen molar-refractivity contribution in [3.05, 3.63) is 32.6 Å². The Morgan fingerprint density at radius 3 is 2.46 bits per heavy atom. The molecule has 0 fully saturated rings. The van der Waals surface area contributed by atoms with Crippen molar-refractivity contribution >= 4 is 0 Å². The van der Waals surface area contributed by atoms with Gasteiger partial charge in [0.05, 0.1) is 12.2 Å². The zero-order valence-corrected chi connectivity index (χ0v) is 8.00. The third kappa shape index (κ3) is 2.87. The van der Waals surface area contributed by atoms with Crippen molar-refractivity contribution in [3.8, 4) is 0 Å². The van der Waals surface area contributed by atoms with Gasteiger partial charge in [-0.05, 0) is 0 Å². The SMILES string of the molecule is CC.Cn1cc(CO)c(=O)[nH]c1=O. The zero-order chi connectivity index (χ0) is 10.4. The Bertz CT molecular complexity index is 364. The van der Waals surface area contributed by atoms with E-state index in [4.69, 9.17) is 5.11 Å². The summed E-state index contributed by atoms with van der Waals surface area (Å²) in [7, 11) is 1.50. The van der Waals surface area contributed by atoms with Gasteiger partial charge in [0.2, 0.25) is 0 Å². The molecule has 1 aromatic rings. The molecule has 13 heavy (non-hydrogen) atoms. The van der Waals surface area contributed by atoms with E-state index in [1.54, 1.807) is 0 Å². The molecule has 1 rings (SSSR count). The van der Waals surface area contributed by atoms with Crippen molar-refractivity contribution in [3.63, 3.8) is 0 Å². The van der Waals surface area contributed by atoms with Gasteiger partial charge in [0.15, 0.2) is 0 Å². The van der Waals surface area contributed by atoms with Gasteiger partial charge in [-0.25, -0.2) is 4.79 Å². The van der Waals surface area contributed by atoms with Gasteiger partial charge in [0, 0.05) is 13.2 Å². The van der Waals surface area contributed by atoms with Gasteiger partial charge < -0.3 is 9.67 Å². The van der Waals surface area contributed by atoms with E-state index in [0.29, 0.717) is 0 Å². The fourth-order valence-corrected chi connectivity index (χ4v) is 0.729. The Morgan fingerprint density at radius 1 is 1.46 bits per heavy atom. The second-order valence-electron chi connectivity index (χ2n) is 2.18. The summed E-state index contributed by atoms with van der Waals surface area (Å²) < 4.78 is 1.20. The molecule has 0 unspecified atom stereocenters. The predicted octanol–water partition coefficient (Wildman–Crippen LogP) is -0.408. The minimum atomic E-state index is -0.532. The molecule has 0 aromatic carbocycles. The molecule has 0 atom stereocenters. The monoisotopic (exact) mass is 186 g/mol. The molecule has 5 heteroatoms. The van der Waals surface area contributed by atoms with Crippen LogP contribution in [-0.2, 0) is 13.7 Å². The maximum Gasteiger partial charge on any atom is 0.328 e. The summed E-state index contributed by atoms with van der Waals surface area (Å²) in [5, 5.41) is 8.60. The molecule has 0 amide bonds. The van der Waals surface area contributed by atoms with E-state index >= 15 is 0 Å². The van der Waals surface area contributed by atoms with Crippen LogP contribution in [0.1, 0.15) is 19.4 Å². The van der Waals surface area contributed by atoms with E-state index in [9.17, 15) is 9.59 Å². The van der Waals surface area contributed by atoms with Crippen LogP contribution >= 0.6 is 0 Å². The predicted molar refractivity (Wildman–Crippen MR) is 49.6 cm³/mol. The van der Waals surface area contributed by atoms with E-state index in [2.05, 4.69) is 0 Å². The Labute approximate surface area is 75.7 Å². The molecule has 0 bridgehead atoms. The third-order valence-corrected chi connectivity index (χ3v) is 1.35. The first-order valence-corrected chi connectivity index (χ1v) is 4.05. The number of nitrogens with zero attached hydrogens (tertiary/aromatic N) is 1. The van der Waals surface area contributed by atoms with Gasteiger partial charge in [-0.1, -0.05) is 13.8 Å². The Balaban J connectivity index is 0.000000671. The molecule has 0 saturated carbocycles. The fourth-order valence-electron chi connectivity index (χ4n) is 0.729. The minimum Gasteiger partial charge on any atom is -0.391 e. The number of H-pyrrole nitrogens is 1. The number of nitrogens with one attached hydrogen (secondary N) is 1. The maximum atomic E-state index is 10.8.